The number of hydrogen-bond donors (Lipinski definition) is 2. The van der Waals surface area contributed by atoms with E-state index in [1.165, 1.54) is 12.1 Å². The number of nitro groups is 1. The summed E-state index contributed by atoms with van der Waals surface area (Å²) in [5.74, 6) is -3.80. The number of aliphatic hydroxyl groups excluding tert-OH is 1. The Morgan fingerprint density at radius 3 is 2.43 bits per heavy atom. The third-order valence-electron chi connectivity index (χ3n) is 4.89. The van der Waals surface area contributed by atoms with Crippen molar-refractivity contribution in [1.29, 1.82) is 0 Å². The fourth-order valence-electron chi connectivity index (χ4n) is 3.10. The quantitative estimate of drug-likeness (QED) is 0.0694. The molecule has 16 heteroatoms. The largest absolute Gasteiger partial charge is 1.00 e. The molecule has 1 aromatic rings. The van der Waals surface area contributed by atoms with E-state index in [9.17, 15) is 42.3 Å². The molecule has 186 valence electrons. The third-order valence-corrected chi connectivity index (χ3v) is 5.96. The number of nitro benzene ring substituents is 1. The molecule has 0 bridgehead atoms. The van der Waals surface area contributed by atoms with Crippen LogP contribution in [0.4, 0.5) is 5.69 Å². The monoisotopic (exact) mass is 523 g/mol. The van der Waals surface area contributed by atoms with Gasteiger partial charge in [0, 0.05) is 25.5 Å². The Labute approximate surface area is 222 Å². The normalized spacial score (nSPS) is 15.5. The van der Waals surface area contributed by atoms with E-state index in [1.807, 2.05) is 0 Å². The van der Waals surface area contributed by atoms with Gasteiger partial charge in [0.2, 0.25) is 5.91 Å². The molecular weight excluding hydrogens is 501 g/mol. The van der Waals surface area contributed by atoms with Gasteiger partial charge in [-0.2, -0.15) is 0 Å². The number of nitrogens with zero attached hydrogens (tertiary/aromatic N) is 2. The van der Waals surface area contributed by atoms with Crippen molar-refractivity contribution in [2.75, 3.05) is 0 Å². The van der Waals surface area contributed by atoms with Gasteiger partial charge in [0.05, 0.1) is 23.5 Å². The van der Waals surface area contributed by atoms with Crippen molar-refractivity contribution in [1.82, 2.24) is 10.4 Å². The van der Waals surface area contributed by atoms with E-state index < -0.39 is 51.1 Å². The molecular formula is C19H22N3NaO11S. The first-order chi connectivity index (χ1) is 15.9. The number of nitrogens with one attached hydrogen (secondary N) is 1. The molecule has 0 spiro atoms. The topological polar surface area (TPSA) is 213 Å². The summed E-state index contributed by atoms with van der Waals surface area (Å²) in [7, 11) is -5.05. The van der Waals surface area contributed by atoms with Crippen LogP contribution in [0.5, 0.6) is 0 Å². The molecule has 14 nitrogen and oxygen atoms in total. The van der Waals surface area contributed by atoms with Crippen molar-refractivity contribution in [2.24, 2.45) is 0 Å². The van der Waals surface area contributed by atoms with Gasteiger partial charge in [-0.3, -0.25) is 24.5 Å². The number of hydrogen-bond acceptors (Lipinski definition) is 11. The van der Waals surface area contributed by atoms with Gasteiger partial charge in [0.25, 0.3) is 17.5 Å². The molecule has 1 heterocycles. The molecule has 1 fully saturated rings. The maximum Gasteiger partial charge on any atom is 1.00 e. The van der Waals surface area contributed by atoms with E-state index in [0.717, 1.165) is 0 Å². The van der Waals surface area contributed by atoms with Crippen molar-refractivity contribution in [3.8, 4) is 0 Å². The second-order valence-electron chi connectivity index (χ2n) is 7.39. The number of benzene rings is 1. The third kappa shape index (κ3) is 8.94. The minimum Gasteiger partial charge on any atom is -0.747 e. The summed E-state index contributed by atoms with van der Waals surface area (Å²) in [6.07, 6.45) is 0.0677. The molecule has 1 aliphatic heterocycles. The molecule has 1 aromatic carbocycles. The molecule has 1 atom stereocenters. The molecule has 2 rings (SSSR count). The minimum absolute atomic E-state index is 0. The fourth-order valence-corrected chi connectivity index (χ4v) is 3.78. The summed E-state index contributed by atoms with van der Waals surface area (Å²) in [5, 5.41) is 20.6. The number of amides is 3. The molecule has 3 amide bonds. The SMILES string of the molecule is O=C(CCCCCC(=O)ON1C(=O)CC(S(=O)(=O)[O-])C1=O)NCc1ccc(CO)c([N+](=O)[O-])c1.[Na+]. The molecule has 1 unspecified atom stereocenters. The maximum absolute atomic E-state index is 11.9. The van der Waals surface area contributed by atoms with Gasteiger partial charge in [-0.1, -0.05) is 12.5 Å². The van der Waals surface area contributed by atoms with Crippen LogP contribution in [-0.4, -0.2) is 57.0 Å². The van der Waals surface area contributed by atoms with E-state index >= 15 is 0 Å². The number of hydroxylamine groups is 2. The Bertz CT molecular complexity index is 1090. The van der Waals surface area contributed by atoms with Crippen molar-refractivity contribution in [2.45, 2.75) is 56.9 Å². The molecule has 1 aliphatic rings. The Hall–Kier alpha value is -2.43. The van der Waals surface area contributed by atoms with Gasteiger partial charge in [-0.25, -0.2) is 13.2 Å². The first kappa shape index (κ1) is 30.6. The van der Waals surface area contributed by atoms with Gasteiger partial charge >= 0.3 is 35.5 Å². The molecule has 35 heavy (non-hydrogen) atoms. The van der Waals surface area contributed by atoms with Crippen molar-refractivity contribution in [3.63, 3.8) is 0 Å². The summed E-state index contributed by atoms with van der Waals surface area (Å²) in [6.45, 7) is -0.431. The number of carbonyl (C=O) groups is 4. The van der Waals surface area contributed by atoms with Crippen LogP contribution in [0.1, 0.15) is 49.7 Å². The molecule has 0 saturated carbocycles. The molecule has 2 N–H and O–H groups in total. The van der Waals surface area contributed by atoms with Crippen molar-refractivity contribution < 1.29 is 76.6 Å². The van der Waals surface area contributed by atoms with Crippen LogP contribution in [0.25, 0.3) is 0 Å². The number of rotatable bonds is 12. The van der Waals surface area contributed by atoms with E-state index in [0.29, 0.717) is 18.4 Å². The van der Waals surface area contributed by atoms with Crippen molar-refractivity contribution in [3.05, 3.63) is 39.4 Å². The molecule has 0 radical (unpaired) electrons. The van der Waals surface area contributed by atoms with Crippen LogP contribution in [0, 0.1) is 10.1 Å². The summed E-state index contributed by atoms with van der Waals surface area (Å²) in [5.41, 5.74) is 0.397. The Balaban J connectivity index is 0.00000612. The Kier molecular flexibility index (Phi) is 11.9. The van der Waals surface area contributed by atoms with Gasteiger partial charge in [-0.05, 0) is 24.5 Å². The predicted molar refractivity (Wildman–Crippen MR) is 110 cm³/mol. The smallest absolute Gasteiger partial charge is 0.747 e. The van der Waals surface area contributed by atoms with E-state index in [-0.39, 0.29) is 77.6 Å². The minimum atomic E-state index is -5.05. The van der Waals surface area contributed by atoms with Crippen LogP contribution in [-0.2, 0) is 47.3 Å². The Morgan fingerprint density at radius 2 is 1.86 bits per heavy atom. The zero-order valence-electron chi connectivity index (χ0n) is 18.8. The zero-order chi connectivity index (χ0) is 25.5. The summed E-state index contributed by atoms with van der Waals surface area (Å²) < 4.78 is 32.9. The Morgan fingerprint density at radius 1 is 1.20 bits per heavy atom. The number of aliphatic hydroxyl groups is 1. The zero-order valence-corrected chi connectivity index (χ0v) is 21.6. The number of carbonyl (C=O) groups excluding carboxylic acids is 4. The van der Waals surface area contributed by atoms with Crippen molar-refractivity contribution >= 4 is 39.5 Å². The summed E-state index contributed by atoms with van der Waals surface area (Å²) >= 11 is 0. The average Bonchev–Trinajstić information content (AvgIpc) is 3.05. The van der Waals surface area contributed by atoms with Gasteiger partial charge < -0.3 is 19.8 Å². The van der Waals surface area contributed by atoms with Gasteiger partial charge in [0.1, 0.15) is 15.4 Å². The van der Waals surface area contributed by atoms with Crippen LogP contribution < -0.4 is 34.9 Å². The van der Waals surface area contributed by atoms with E-state index in [4.69, 9.17) is 5.11 Å². The summed E-state index contributed by atoms with van der Waals surface area (Å²) in [4.78, 5) is 62.0. The van der Waals surface area contributed by atoms with E-state index in [1.54, 1.807) is 6.07 Å². The van der Waals surface area contributed by atoms with Gasteiger partial charge in [-0.15, -0.1) is 5.06 Å². The standard InChI is InChI=1S/C19H23N3O11S.Na/c23-11-13-7-6-12(8-14(13)22(28)29)10-20-16(24)4-2-1-3-5-18(26)33-21-17(25)9-15(19(21)27)34(30,31)32;/h6-8,15,23H,1-5,9-11H2,(H,20,24)(H,30,31,32);/q;+1/p-1. The van der Waals surface area contributed by atoms with Crippen LogP contribution in [0.2, 0.25) is 0 Å². The first-order valence-corrected chi connectivity index (χ1v) is 11.6. The van der Waals surface area contributed by atoms with Gasteiger partial charge in [0.15, 0.2) is 0 Å². The molecule has 0 aliphatic carbocycles. The molecule has 1 saturated heterocycles. The number of unbranched alkanes of at least 4 members (excludes halogenated alkanes) is 2. The van der Waals surface area contributed by atoms with E-state index in [2.05, 4.69) is 10.2 Å². The first-order valence-electron chi connectivity index (χ1n) is 10.1. The predicted octanol–water partition coefficient (Wildman–Crippen LogP) is -3.21. The fraction of sp³-hybridized carbons (Fsp3) is 0.474. The second-order valence-corrected chi connectivity index (χ2v) is 8.95. The summed E-state index contributed by atoms with van der Waals surface area (Å²) in [6, 6.07) is 4.22. The van der Waals surface area contributed by atoms with Crippen LogP contribution in [0.3, 0.4) is 0 Å². The van der Waals surface area contributed by atoms with Crippen LogP contribution >= 0.6 is 0 Å². The second kappa shape index (κ2) is 13.6. The van der Waals surface area contributed by atoms with Crippen LogP contribution in [0.15, 0.2) is 18.2 Å². The average molecular weight is 523 g/mol. The maximum atomic E-state index is 11.9. The number of imide groups is 1. The molecule has 0 aromatic heterocycles.